The number of alkyl halides is 3. The first-order valence-electron chi connectivity index (χ1n) is 2.72. The van der Waals surface area contributed by atoms with E-state index in [1.165, 1.54) is 0 Å². The minimum atomic E-state index is -1.88. The van der Waals surface area contributed by atoms with Gasteiger partial charge in [-0.1, -0.05) is 0 Å². The van der Waals surface area contributed by atoms with E-state index in [4.69, 9.17) is 37.4 Å². The molecule has 0 aliphatic heterocycles. The molecule has 0 unspecified atom stereocenters. The number of carbonyl (C=O) groups is 1. The van der Waals surface area contributed by atoms with Crippen molar-refractivity contribution in [3.63, 3.8) is 0 Å². The number of rotatable bonds is 2. The molecule has 0 aromatic heterocycles. The molecular weight excluding hydrogens is 387 g/mol. The molecule has 6 heteroatoms. The molecule has 0 aromatic rings. The van der Waals surface area contributed by atoms with Crippen molar-refractivity contribution in [1.29, 1.82) is 0 Å². The van der Waals surface area contributed by atoms with E-state index in [9.17, 15) is 4.79 Å². The Hall–Kier alpha value is 1.28. The van der Waals surface area contributed by atoms with Gasteiger partial charge in [0.2, 0.25) is 0 Å². The molecule has 0 saturated carbocycles. The van der Waals surface area contributed by atoms with Crippen LogP contribution in [0.2, 0.25) is 3.93 Å². The van der Waals surface area contributed by atoms with Crippen molar-refractivity contribution >= 4 is 40.8 Å². The average molecular weight is 392 g/mol. The molecule has 0 atom stereocenters. The third-order valence-electron chi connectivity index (χ3n) is 0.669. The molecule has 0 amide bonds. The molecule has 56 valence electrons. The summed E-state index contributed by atoms with van der Waals surface area (Å²) in [6.07, 6.45) is 0. The van der Waals surface area contributed by atoms with Crippen LogP contribution in [0.3, 0.4) is 0 Å². The monoisotopic (exact) mass is 392 g/mol. The Balaban J connectivity index is 3.64. The van der Waals surface area contributed by atoms with Gasteiger partial charge in [0.1, 0.15) is 0 Å². The first kappa shape index (κ1) is 11.3. The molecular formula is C4H5Cl3HgO2. The molecule has 0 aliphatic rings. The van der Waals surface area contributed by atoms with Gasteiger partial charge in [0.25, 0.3) is 0 Å². The average Bonchev–Trinajstić information content (AvgIpc) is 1.80. The number of halogens is 3. The van der Waals surface area contributed by atoms with Gasteiger partial charge < -0.3 is 0 Å². The van der Waals surface area contributed by atoms with Gasteiger partial charge in [-0.2, -0.15) is 0 Å². The SMILES string of the molecule is C[CH2][Hg][O]C(=O)C(Cl)(Cl)Cl. The molecule has 0 spiro atoms. The molecule has 10 heavy (non-hydrogen) atoms. The second kappa shape index (κ2) is 5.02. The summed E-state index contributed by atoms with van der Waals surface area (Å²) in [6, 6.07) is 0. The van der Waals surface area contributed by atoms with Crippen LogP contribution in [0.4, 0.5) is 0 Å². The van der Waals surface area contributed by atoms with Gasteiger partial charge in [0.05, 0.1) is 0 Å². The molecule has 0 aliphatic carbocycles. The van der Waals surface area contributed by atoms with E-state index in [2.05, 4.69) is 0 Å². The Kier molecular flexibility index (Phi) is 5.66. The summed E-state index contributed by atoms with van der Waals surface area (Å²) in [4.78, 5) is 10.7. The van der Waals surface area contributed by atoms with Crippen molar-refractivity contribution in [1.82, 2.24) is 0 Å². The van der Waals surface area contributed by atoms with Gasteiger partial charge in [-0.05, 0) is 0 Å². The summed E-state index contributed by atoms with van der Waals surface area (Å²) < 4.78 is 3.80. The van der Waals surface area contributed by atoms with Crippen LogP contribution in [0, 0.1) is 0 Å². The quantitative estimate of drug-likeness (QED) is 0.533. The Morgan fingerprint density at radius 2 is 2.10 bits per heavy atom. The van der Waals surface area contributed by atoms with E-state index in [1.54, 1.807) is 0 Å². The normalized spacial score (nSPS) is 10.4. The van der Waals surface area contributed by atoms with E-state index in [0.717, 1.165) is 3.93 Å². The predicted molar refractivity (Wildman–Crippen MR) is 36.9 cm³/mol. The molecule has 0 N–H and O–H groups in total. The standard InChI is InChI=1S/C2HCl3O2.C2H5.Hg/c3-2(4,5)1(6)7;1-2;/h(H,6,7);1H2,2H3;/q;;+1/p-1. The molecule has 0 fully saturated rings. The summed E-state index contributed by atoms with van der Waals surface area (Å²) in [7, 11) is 0. The van der Waals surface area contributed by atoms with Gasteiger partial charge in [-0.3, -0.25) is 0 Å². The third kappa shape index (κ3) is 5.00. The molecule has 0 saturated heterocycles. The Bertz CT molecular complexity index is 122. The summed E-state index contributed by atoms with van der Waals surface area (Å²) in [5.41, 5.74) is 0. The Morgan fingerprint density at radius 1 is 1.60 bits per heavy atom. The van der Waals surface area contributed by atoms with Gasteiger partial charge in [0.15, 0.2) is 0 Å². The van der Waals surface area contributed by atoms with Crippen LogP contribution in [-0.4, -0.2) is 9.76 Å². The maximum absolute atomic E-state index is 10.7. The van der Waals surface area contributed by atoms with Crippen LogP contribution < -0.4 is 0 Å². The van der Waals surface area contributed by atoms with E-state index in [-0.39, 0.29) is 0 Å². The van der Waals surface area contributed by atoms with Crippen LogP contribution in [-0.2, 0) is 32.5 Å². The van der Waals surface area contributed by atoms with Crippen molar-refractivity contribution in [2.24, 2.45) is 0 Å². The number of hydrogen-bond donors (Lipinski definition) is 0. The van der Waals surface area contributed by atoms with Gasteiger partial charge >= 0.3 is 87.9 Å². The summed E-state index contributed by atoms with van der Waals surface area (Å²) in [5, 5.41) is 0. The van der Waals surface area contributed by atoms with Gasteiger partial charge in [0, 0.05) is 0 Å². The van der Waals surface area contributed by atoms with Crippen molar-refractivity contribution in [3.8, 4) is 0 Å². The summed E-state index contributed by atoms with van der Waals surface area (Å²) in [6.45, 7) is 1.95. The van der Waals surface area contributed by atoms with Crippen LogP contribution in [0.1, 0.15) is 6.92 Å². The van der Waals surface area contributed by atoms with E-state index < -0.39 is 34.8 Å². The number of hydrogen-bond acceptors (Lipinski definition) is 2. The van der Waals surface area contributed by atoms with Crippen molar-refractivity contribution in [2.45, 2.75) is 14.6 Å². The molecule has 0 heterocycles. The second-order valence-electron chi connectivity index (χ2n) is 1.63. The first-order chi connectivity index (χ1) is 4.48. The van der Waals surface area contributed by atoms with Gasteiger partial charge in [-0.25, -0.2) is 0 Å². The van der Waals surface area contributed by atoms with E-state index in [0.29, 0.717) is 0 Å². The zero-order valence-electron chi connectivity index (χ0n) is 5.36. The van der Waals surface area contributed by atoms with Crippen LogP contribution in [0.15, 0.2) is 0 Å². The predicted octanol–water partition coefficient (Wildman–Crippen LogP) is 2.34. The molecule has 0 rings (SSSR count). The third-order valence-corrected chi connectivity index (χ3v) is 4.53. The van der Waals surface area contributed by atoms with Crippen molar-refractivity contribution in [2.75, 3.05) is 0 Å². The zero-order chi connectivity index (χ0) is 8.20. The Labute approximate surface area is 87.2 Å². The first-order valence-corrected chi connectivity index (χ1v) is 9.99. The fourth-order valence-corrected chi connectivity index (χ4v) is 3.86. The second-order valence-corrected chi connectivity index (χ2v) is 10.5. The van der Waals surface area contributed by atoms with Crippen molar-refractivity contribution < 1.29 is 32.5 Å². The molecule has 0 bridgehead atoms. The molecule has 2 nitrogen and oxygen atoms in total. The van der Waals surface area contributed by atoms with Gasteiger partial charge in [-0.15, -0.1) is 0 Å². The summed E-state index contributed by atoms with van der Waals surface area (Å²) in [5.74, 6) is -0.721. The van der Waals surface area contributed by atoms with Crippen LogP contribution in [0.25, 0.3) is 0 Å². The fourth-order valence-electron chi connectivity index (χ4n) is 0.277. The zero-order valence-corrected chi connectivity index (χ0v) is 13.1. The molecule has 0 radical (unpaired) electrons. The van der Waals surface area contributed by atoms with Crippen molar-refractivity contribution in [3.05, 3.63) is 0 Å². The molecule has 0 aromatic carbocycles. The van der Waals surface area contributed by atoms with E-state index in [1.807, 2.05) is 6.92 Å². The topological polar surface area (TPSA) is 26.3 Å². The minimum absolute atomic E-state index is 0.721. The van der Waals surface area contributed by atoms with E-state index >= 15 is 0 Å². The summed E-state index contributed by atoms with van der Waals surface area (Å²) >= 11 is 14.2. The Morgan fingerprint density at radius 3 is 2.40 bits per heavy atom. The van der Waals surface area contributed by atoms with Crippen LogP contribution in [0.5, 0.6) is 0 Å². The fraction of sp³-hybridized carbons (Fsp3) is 0.750. The maximum atomic E-state index is 10.7. The number of carbonyl (C=O) groups excluding carboxylic acids is 1. The van der Waals surface area contributed by atoms with Crippen LogP contribution >= 0.6 is 34.8 Å².